The molecule has 0 aliphatic rings. The summed E-state index contributed by atoms with van der Waals surface area (Å²) in [7, 11) is 1.31. The number of ether oxygens (including phenoxy) is 1. The second-order valence-electron chi connectivity index (χ2n) is 6.64. The maximum atomic E-state index is 12.9. The average molecular weight is 402 g/mol. The smallest absolute Gasteiger partial charge is 0.337 e. The third-order valence-corrected chi connectivity index (χ3v) is 4.51. The van der Waals surface area contributed by atoms with E-state index in [1.807, 2.05) is 36.4 Å². The van der Waals surface area contributed by atoms with E-state index in [1.165, 1.54) is 7.11 Å². The van der Waals surface area contributed by atoms with Crippen molar-refractivity contribution >= 4 is 23.5 Å². The number of rotatable bonds is 7. The van der Waals surface area contributed by atoms with Crippen LogP contribution in [0.3, 0.4) is 0 Å². The highest BCUT2D eigenvalue weighted by molar-refractivity contribution is 6.01. The van der Waals surface area contributed by atoms with Crippen molar-refractivity contribution < 1.29 is 19.1 Å². The van der Waals surface area contributed by atoms with Crippen molar-refractivity contribution in [3.8, 4) is 0 Å². The number of nitrogens with one attached hydrogen (secondary N) is 2. The number of hydrogen-bond acceptors (Lipinski definition) is 4. The number of carbonyl (C=O) groups is 3. The standard InChI is InChI=1S/C24H22N2O4/c1-30-24(29)19-12-14-20(15-13-19)25-23(28)21(16-17-8-4-2-5-9-17)26-22(27)18-10-6-3-7-11-18/h2-15,21H,16H2,1H3,(H,25,28)(H,26,27). The molecule has 3 rings (SSSR count). The number of carbonyl (C=O) groups excluding carboxylic acids is 3. The van der Waals surface area contributed by atoms with Gasteiger partial charge in [-0.05, 0) is 42.0 Å². The Kier molecular flexibility index (Phi) is 6.95. The van der Waals surface area contributed by atoms with E-state index in [-0.39, 0.29) is 11.8 Å². The van der Waals surface area contributed by atoms with E-state index in [9.17, 15) is 14.4 Å². The molecule has 0 aliphatic carbocycles. The molecule has 0 saturated carbocycles. The lowest BCUT2D eigenvalue weighted by Gasteiger charge is -2.19. The van der Waals surface area contributed by atoms with E-state index >= 15 is 0 Å². The first kappa shape index (κ1) is 20.8. The van der Waals surface area contributed by atoms with Crippen molar-refractivity contribution in [2.75, 3.05) is 12.4 Å². The first-order valence-electron chi connectivity index (χ1n) is 9.46. The van der Waals surface area contributed by atoms with Gasteiger partial charge < -0.3 is 15.4 Å². The summed E-state index contributed by atoms with van der Waals surface area (Å²) >= 11 is 0. The predicted octanol–water partition coefficient (Wildman–Crippen LogP) is 3.45. The van der Waals surface area contributed by atoms with Gasteiger partial charge in [0.25, 0.3) is 5.91 Å². The molecule has 152 valence electrons. The quantitative estimate of drug-likeness (QED) is 0.593. The molecule has 0 saturated heterocycles. The first-order valence-corrected chi connectivity index (χ1v) is 9.46. The molecule has 0 spiro atoms. The van der Waals surface area contributed by atoms with Crippen molar-refractivity contribution in [2.24, 2.45) is 0 Å². The van der Waals surface area contributed by atoms with Gasteiger partial charge in [-0.15, -0.1) is 0 Å². The summed E-state index contributed by atoms with van der Waals surface area (Å²) in [4.78, 5) is 37.1. The molecule has 0 bridgehead atoms. The van der Waals surface area contributed by atoms with Gasteiger partial charge in [0.1, 0.15) is 6.04 Å². The minimum absolute atomic E-state index is 0.326. The third-order valence-electron chi connectivity index (χ3n) is 4.51. The fourth-order valence-corrected chi connectivity index (χ4v) is 2.93. The summed E-state index contributed by atoms with van der Waals surface area (Å²) in [5.41, 5.74) is 2.30. The Morgan fingerprint density at radius 1 is 0.800 bits per heavy atom. The zero-order chi connectivity index (χ0) is 21.3. The van der Waals surface area contributed by atoms with Crippen LogP contribution in [-0.4, -0.2) is 30.9 Å². The van der Waals surface area contributed by atoms with Crippen molar-refractivity contribution in [1.82, 2.24) is 5.32 Å². The van der Waals surface area contributed by atoms with Gasteiger partial charge in [0, 0.05) is 17.7 Å². The monoisotopic (exact) mass is 402 g/mol. The lowest BCUT2D eigenvalue weighted by molar-refractivity contribution is -0.118. The van der Waals surface area contributed by atoms with E-state index in [0.29, 0.717) is 23.2 Å². The Morgan fingerprint density at radius 2 is 1.40 bits per heavy atom. The van der Waals surface area contributed by atoms with Gasteiger partial charge in [-0.25, -0.2) is 4.79 Å². The highest BCUT2D eigenvalue weighted by atomic mass is 16.5. The maximum Gasteiger partial charge on any atom is 0.337 e. The summed E-state index contributed by atoms with van der Waals surface area (Å²) in [6.07, 6.45) is 0.339. The molecule has 30 heavy (non-hydrogen) atoms. The Labute approximate surface area is 174 Å². The second-order valence-corrected chi connectivity index (χ2v) is 6.64. The molecule has 2 N–H and O–H groups in total. The average Bonchev–Trinajstić information content (AvgIpc) is 2.79. The Balaban J connectivity index is 1.75. The maximum absolute atomic E-state index is 12.9. The van der Waals surface area contributed by atoms with Crippen LogP contribution >= 0.6 is 0 Å². The minimum atomic E-state index is -0.777. The van der Waals surface area contributed by atoms with E-state index in [2.05, 4.69) is 15.4 Å². The molecule has 1 atom stereocenters. The zero-order valence-corrected chi connectivity index (χ0v) is 16.5. The van der Waals surface area contributed by atoms with Gasteiger partial charge in [-0.2, -0.15) is 0 Å². The van der Waals surface area contributed by atoms with Crippen LogP contribution in [0.5, 0.6) is 0 Å². The van der Waals surface area contributed by atoms with Gasteiger partial charge in [0.15, 0.2) is 0 Å². The van der Waals surface area contributed by atoms with E-state index < -0.39 is 12.0 Å². The lowest BCUT2D eigenvalue weighted by Crippen LogP contribution is -2.45. The van der Waals surface area contributed by atoms with Crippen molar-refractivity contribution in [3.05, 3.63) is 102 Å². The molecule has 0 fully saturated rings. The van der Waals surface area contributed by atoms with Crippen molar-refractivity contribution in [1.29, 1.82) is 0 Å². The van der Waals surface area contributed by atoms with Crippen LogP contribution in [0.25, 0.3) is 0 Å². The largest absolute Gasteiger partial charge is 0.465 e. The van der Waals surface area contributed by atoms with Gasteiger partial charge in [0.2, 0.25) is 5.91 Å². The molecular weight excluding hydrogens is 380 g/mol. The van der Waals surface area contributed by atoms with Crippen LogP contribution in [0.1, 0.15) is 26.3 Å². The number of amides is 2. The fourth-order valence-electron chi connectivity index (χ4n) is 2.93. The molecule has 6 nitrogen and oxygen atoms in total. The highest BCUT2D eigenvalue weighted by Crippen LogP contribution is 2.13. The molecular formula is C24H22N2O4. The normalized spacial score (nSPS) is 11.2. The number of esters is 1. The van der Waals surface area contributed by atoms with Crippen molar-refractivity contribution in [2.45, 2.75) is 12.5 Å². The Bertz CT molecular complexity index is 1000. The molecule has 2 amide bonds. The molecule has 3 aromatic rings. The second kappa shape index (κ2) is 10.0. The molecule has 6 heteroatoms. The van der Waals surface area contributed by atoms with E-state index in [4.69, 9.17) is 0 Å². The zero-order valence-electron chi connectivity index (χ0n) is 16.5. The number of hydrogen-bond donors (Lipinski definition) is 2. The summed E-state index contributed by atoms with van der Waals surface area (Å²) < 4.78 is 4.67. The number of methoxy groups -OCH3 is 1. The van der Waals surface area contributed by atoms with Crippen LogP contribution in [0, 0.1) is 0 Å². The molecule has 1 unspecified atom stereocenters. The van der Waals surface area contributed by atoms with Gasteiger partial charge >= 0.3 is 5.97 Å². The van der Waals surface area contributed by atoms with Gasteiger partial charge in [0.05, 0.1) is 12.7 Å². The molecule has 0 heterocycles. The summed E-state index contributed by atoms with van der Waals surface area (Å²) in [5, 5.41) is 5.61. The highest BCUT2D eigenvalue weighted by Gasteiger charge is 2.22. The van der Waals surface area contributed by atoms with Crippen LogP contribution in [-0.2, 0) is 16.0 Å². The van der Waals surface area contributed by atoms with Crippen LogP contribution in [0.2, 0.25) is 0 Å². The summed E-state index contributed by atoms with van der Waals surface area (Å²) in [6, 6.07) is 23.8. The van der Waals surface area contributed by atoms with Crippen molar-refractivity contribution in [3.63, 3.8) is 0 Å². The van der Waals surface area contributed by atoms with Gasteiger partial charge in [-0.3, -0.25) is 9.59 Å². The third kappa shape index (κ3) is 5.54. The lowest BCUT2D eigenvalue weighted by atomic mass is 10.0. The van der Waals surface area contributed by atoms with Crippen LogP contribution in [0.4, 0.5) is 5.69 Å². The van der Waals surface area contributed by atoms with Gasteiger partial charge in [-0.1, -0.05) is 48.5 Å². The molecule has 3 aromatic carbocycles. The number of benzene rings is 3. The molecule has 0 aliphatic heterocycles. The van der Waals surface area contributed by atoms with Crippen LogP contribution in [0.15, 0.2) is 84.9 Å². The first-order chi connectivity index (χ1) is 14.6. The molecule has 0 aromatic heterocycles. The SMILES string of the molecule is COC(=O)c1ccc(NC(=O)C(Cc2ccccc2)NC(=O)c2ccccc2)cc1. The predicted molar refractivity (Wildman–Crippen MR) is 114 cm³/mol. The summed E-state index contributed by atoms with van der Waals surface area (Å²) in [6.45, 7) is 0. The van der Waals surface area contributed by atoms with E-state index in [1.54, 1.807) is 48.5 Å². The molecule has 0 radical (unpaired) electrons. The number of anilines is 1. The Hall–Kier alpha value is -3.93. The fraction of sp³-hybridized carbons (Fsp3) is 0.125. The topological polar surface area (TPSA) is 84.5 Å². The van der Waals surface area contributed by atoms with Crippen LogP contribution < -0.4 is 10.6 Å². The summed E-state index contributed by atoms with van der Waals surface area (Å²) in [5.74, 6) is -1.13. The van der Waals surface area contributed by atoms with E-state index in [0.717, 1.165) is 5.56 Å². The minimum Gasteiger partial charge on any atom is -0.465 e. The Morgan fingerprint density at radius 3 is 2.00 bits per heavy atom.